The van der Waals surface area contributed by atoms with Crippen LogP contribution in [0.5, 0.6) is 0 Å². The Bertz CT molecular complexity index is 405. The Labute approximate surface area is 83.6 Å². The highest BCUT2D eigenvalue weighted by Gasteiger charge is 2.42. The summed E-state index contributed by atoms with van der Waals surface area (Å²) in [6.45, 7) is 1.71. The van der Waals surface area contributed by atoms with E-state index in [1.54, 1.807) is 6.92 Å². The van der Waals surface area contributed by atoms with Gasteiger partial charge in [-0.05, 0) is 25.3 Å². The largest absolute Gasteiger partial charge is 0.481 e. The first-order valence-electron chi connectivity index (χ1n) is 4.52. The van der Waals surface area contributed by atoms with Crippen molar-refractivity contribution in [2.45, 2.75) is 25.2 Å². The van der Waals surface area contributed by atoms with Crippen LogP contribution in [0.4, 0.5) is 0 Å². The number of hydrogen-bond donors (Lipinski definition) is 1. The van der Waals surface area contributed by atoms with Gasteiger partial charge in [-0.25, -0.2) is 0 Å². The predicted octanol–water partition coefficient (Wildman–Crippen LogP) is 0.164. The smallest absolute Gasteiger partial charge is 0.315 e. The number of carbonyl (C=O) groups is 1. The minimum atomic E-state index is -0.830. The summed E-state index contributed by atoms with van der Waals surface area (Å²) in [5, 5.41) is 9.12. The van der Waals surface area contributed by atoms with Crippen molar-refractivity contribution in [1.29, 1.82) is 0 Å². The third-order valence-corrected chi connectivity index (χ3v) is 2.88. The van der Waals surface area contributed by atoms with Crippen molar-refractivity contribution >= 4 is 19.3 Å². The summed E-state index contributed by atoms with van der Waals surface area (Å²) in [5.41, 5.74) is 1.40. The lowest BCUT2D eigenvalue weighted by molar-refractivity contribution is -0.143. The van der Waals surface area contributed by atoms with E-state index in [0.717, 1.165) is 12.0 Å². The molecule has 14 heavy (non-hydrogen) atoms. The molecule has 0 aliphatic heterocycles. The van der Waals surface area contributed by atoms with Gasteiger partial charge in [-0.2, -0.15) is 0 Å². The Morgan fingerprint density at radius 3 is 3.07 bits per heavy atom. The maximum Gasteiger partial charge on any atom is 0.315 e. The lowest BCUT2D eigenvalue weighted by Crippen LogP contribution is -2.30. The van der Waals surface area contributed by atoms with E-state index < -0.39 is 11.4 Å². The quantitative estimate of drug-likeness (QED) is 0.637. The van der Waals surface area contributed by atoms with Crippen LogP contribution in [0.2, 0.25) is 0 Å². The normalized spacial score (nSPS) is 24.6. The van der Waals surface area contributed by atoms with Crippen molar-refractivity contribution < 1.29 is 9.90 Å². The van der Waals surface area contributed by atoms with E-state index >= 15 is 0 Å². The fraction of sp³-hybridized carbons (Fsp3) is 0.400. The lowest BCUT2D eigenvalue weighted by Gasteiger charge is -2.18. The van der Waals surface area contributed by atoms with E-state index in [1.807, 2.05) is 6.07 Å². The predicted molar refractivity (Wildman–Crippen MR) is 52.9 cm³/mol. The zero-order valence-electron chi connectivity index (χ0n) is 7.95. The van der Waals surface area contributed by atoms with Crippen molar-refractivity contribution in [1.82, 2.24) is 4.98 Å². The van der Waals surface area contributed by atoms with Gasteiger partial charge < -0.3 is 5.11 Å². The monoisotopic (exact) mass is 187 g/mol. The van der Waals surface area contributed by atoms with E-state index in [1.165, 1.54) is 6.20 Å². The summed E-state index contributed by atoms with van der Waals surface area (Å²) in [6.07, 6.45) is 2.87. The molecule has 4 heteroatoms. The molecular formula is C10H10BNO2. The first-order valence-corrected chi connectivity index (χ1v) is 4.52. The van der Waals surface area contributed by atoms with E-state index in [9.17, 15) is 4.79 Å². The number of nitrogens with zero attached hydrogens (tertiary/aromatic N) is 1. The molecule has 2 rings (SSSR count). The van der Waals surface area contributed by atoms with Gasteiger partial charge in [0.1, 0.15) is 13.3 Å². The summed E-state index contributed by atoms with van der Waals surface area (Å²) < 4.78 is 0. The maximum absolute atomic E-state index is 11.1. The van der Waals surface area contributed by atoms with Gasteiger partial charge in [0.25, 0.3) is 0 Å². The Morgan fingerprint density at radius 1 is 1.71 bits per heavy atom. The van der Waals surface area contributed by atoms with Gasteiger partial charge in [0.15, 0.2) is 0 Å². The average molecular weight is 187 g/mol. The van der Waals surface area contributed by atoms with Crippen LogP contribution in [-0.2, 0) is 16.6 Å². The van der Waals surface area contributed by atoms with Gasteiger partial charge in [-0.3, -0.25) is 9.78 Å². The van der Waals surface area contributed by atoms with Crippen molar-refractivity contribution in [3.8, 4) is 0 Å². The van der Waals surface area contributed by atoms with Crippen LogP contribution < -0.4 is 5.46 Å². The van der Waals surface area contributed by atoms with Gasteiger partial charge in [0.2, 0.25) is 0 Å². The average Bonchev–Trinajstić information content (AvgIpc) is 2.45. The molecule has 0 saturated carbocycles. The molecule has 1 aromatic rings. The minimum Gasteiger partial charge on any atom is -0.481 e. The molecule has 1 heterocycles. The van der Waals surface area contributed by atoms with Gasteiger partial charge >= 0.3 is 5.97 Å². The first kappa shape index (κ1) is 9.25. The molecule has 0 saturated heterocycles. The summed E-state index contributed by atoms with van der Waals surface area (Å²) in [6, 6.07) is 1.82. The van der Waals surface area contributed by atoms with E-state index in [0.29, 0.717) is 17.6 Å². The molecule has 3 nitrogen and oxygen atoms in total. The molecule has 0 bridgehead atoms. The van der Waals surface area contributed by atoms with Gasteiger partial charge in [0, 0.05) is 6.20 Å². The van der Waals surface area contributed by atoms with Crippen LogP contribution in [0.3, 0.4) is 0 Å². The van der Waals surface area contributed by atoms with Crippen LogP contribution in [0.25, 0.3) is 0 Å². The van der Waals surface area contributed by atoms with Crippen LogP contribution in [0.1, 0.15) is 24.6 Å². The van der Waals surface area contributed by atoms with Gasteiger partial charge in [-0.15, -0.1) is 0 Å². The van der Waals surface area contributed by atoms with Crippen molar-refractivity contribution in [2.75, 3.05) is 0 Å². The van der Waals surface area contributed by atoms with E-state index in [-0.39, 0.29) is 0 Å². The molecular weight excluding hydrogens is 177 g/mol. The van der Waals surface area contributed by atoms with E-state index in [2.05, 4.69) is 4.98 Å². The molecule has 1 aliphatic carbocycles. The topological polar surface area (TPSA) is 50.2 Å². The minimum absolute atomic E-state index is 0.596. The fourth-order valence-corrected chi connectivity index (χ4v) is 1.93. The number of fused-ring (bicyclic) bond motifs is 1. The number of aromatic nitrogens is 1. The Kier molecular flexibility index (Phi) is 1.87. The third kappa shape index (κ3) is 1.14. The lowest BCUT2D eigenvalue weighted by atomic mass is 9.87. The molecule has 1 aromatic heterocycles. The van der Waals surface area contributed by atoms with Crippen LogP contribution in [-0.4, -0.2) is 23.9 Å². The summed E-state index contributed by atoms with van der Waals surface area (Å²) in [4.78, 5) is 15.2. The number of hydrogen-bond acceptors (Lipinski definition) is 2. The number of rotatable bonds is 1. The first-order chi connectivity index (χ1) is 6.54. The molecule has 1 N–H and O–H groups in total. The SMILES string of the molecule is [B]c1cnc2c(c1)CCC2(C)C(=O)O. The van der Waals surface area contributed by atoms with Crippen LogP contribution >= 0.6 is 0 Å². The van der Waals surface area contributed by atoms with Gasteiger partial charge in [0.05, 0.1) is 5.69 Å². The number of aliphatic carboxylic acids is 1. The highest BCUT2D eigenvalue weighted by molar-refractivity contribution is 6.32. The Balaban J connectivity index is 2.55. The van der Waals surface area contributed by atoms with E-state index in [4.69, 9.17) is 13.0 Å². The summed E-state index contributed by atoms with van der Waals surface area (Å²) in [7, 11) is 5.59. The zero-order valence-corrected chi connectivity index (χ0v) is 7.95. The standard InChI is InChI=1S/C10H10BNO2/c1-10(9(13)14)3-2-6-4-7(11)5-12-8(6)10/h4-5H,2-3H2,1H3,(H,13,14). The molecule has 0 spiro atoms. The second kappa shape index (κ2) is 2.84. The summed E-state index contributed by atoms with van der Waals surface area (Å²) in [5.74, 6) is -0.812. The highest BCUT2D eigenvalue weighted by atomic mass is 16.4. The molecule has 0 aromatic carbocycles. The highest BCUT2D eigenvalue weighted by Crippen LogP contribution is 2.36. The van der Waals surface area contributed by atoms with Crippen LogP contribution in [0.15, 0.2) is 12.3 Å². The second-order valence-corrected chi connectivity index (χ2v) is 3.91. The number of aryl methyl sites for hydroxylation is 1. The van der Waals surface area contributed by atoms with Crippen molar-refractivity contribution in [3.63, 3.8) is 0 Å². The van der Waals surface area contributed by atoms with Gasteiger partial charge in [-0.1, -0.05) is 11.5 Å². The molecule has 70 valence electrons. The maximum atomic E-state index is 11.1. The zero-order chi connectivity index (χ0) is 10.3. The Morgan fingerprint density at radius 2 is 2.43 bits per heavy atom. The Hall–Kier alpha value is -1.32. The third-order valence-electron chi connectivity index (χ3n) is 2.88. The number of carboxylic acids is 1. The second-order valence-electron chi connectivity index (χ2n) is 3.91. The summed E-state index contributed by atoms with van der Waals surface area (Å²) >= 11 is 0. The molecule has 0 fully saturated rings. The molecule has 0 amide bonds. The molecule has 2 radical (unpaired) electrons. The number of pyridine rings is 1. The molecule has 1 atom stereocenters. The van der Waals surface area contributed by atoms with Crippen molar-refractivity contribution in [3.05, 3.63) is 23.5 Å². The molecule has 1 aliphatic rings. The molecule has 1 unspecified atom stereocenters. The number of carboxylic acid groups (broad SMARTS) is 1. The fourth-order valence-electron chi connectivity index (χ4n) is 1.93. The van der Waals surface area contributed by atoms with Crippen molar-refractivity contribution in [2.24, 2.45) is 0 Å². The van der Waals surface area contributed by atoms with Crippen LogP contribution in [0, 0.1) is 0 Å².